The number of halogens is 3. The van der Waals surface area contributed by atoms with Gasteiger partial charge in [-0.05, 0) is 38.5 Å². The molecule has 0 spiro atoms. The Kier molecular flexibility index (Phi) is 6.07. The molecule has 0 unspecified atom stereocenters. The fraction of sp³-hybridized carbons (Fsp3) is 0.450. The number of nitrogens with one attached hydrogen (secondary N) is 1. The lowest BCUT2D eigenvalue weighted by Crippen LogP contribution is -2.39. The molecule has 0 bridgehead atoms. The number of rotatable bonds is 3. The van der Waals surface area contributed by atoms with Crippen molar-refractivity contribution < 1.29 is 27.5 Å². The molecule has 162 valence electrons. The first-order valence-corrected chi connectivity index (χ1v) is 10.1. The topological polar surface area (TPSA) is 71.5 Å². The average molecular weight is 441 g/mol. The molecule has 1 aliphatic rings. The first kappa shape index (κ1) is 22.1. The van der Waals surface area contributed by atoms with Gasteiger partial charge in [-0.15, -0.1) is 0 Å². The maximum atomic E-state index is 12.6. The van der Waals surface area contributed by atoms with Gasteiger partial charge in [0, 0.05) is 17.8 Å². The highest BCUT2D eigenvalue weighted by atomic mass is 32.1. The number of hydrogen-bond donors (Lipinski definition) is 1. The SMILES string of the molecule is CC(C)(C)OC(=O)N1CCc2nc(NC(=O)Cc3ccc(C(F)(F)F)cc3)sc2C1. The number of benzene rings is 1. The molecule has 0 atom stereocenters. The Balaban J connectivity index is 1.59. The molecule has 0 fully saturated rings. The second-order valence-corrected chi connectivity index (χ2v) is 9.04. The van der Waals surface area contributed by atoms with Gasteiger partial charge in [-0.1, -0.05) is 23.5 Å². The minimum Gasteiger partial charge on any atom is -0.444 e. The van der Waals surface area contributed by atoms with Crippen LogP contribution in [-0.2, 0) is 35.1 Å². The summed E-state index contributed by atoms with van der Waals surface area (Å²) < 4.78 is 43.3. The minimum absolute atomic E-state index is 0.0631. The Hall–Kier alpha value is -2.62. The van der Waals surface area contributed by atoms with Crippen molar-refractivity contribution in [1.82, 2.24) is 9.88 Å². The molecule has 30 heavy (non-hydrogen) atoms. The molecule has 2 heterocycles. The van der Waals surface area contributed by atoms with Crippen molar-refractivity contribution in [3.8, 4) is 0 Å². The predicted octanol–water partition coefficient (Wildman–Crippen LogP) is 4.64. The van der Waals surface area contributed by atoms with Gasteiger partial charge in [0.1, 0.15) is 5.60 Å². The lowest BCUT2D eigenvalue weighted by molar-refractivity contribution is -0.137. The summed E-state index contributed by atoms with van der Waals surface area (Å²) in [6.07, 6.45) is -4.31. The second-order valence-electron chi connectivity index (χ2n) is 7.96. The molecule has 1 aliphatic heterocycles. The number of nitrogens with zero attached hydrogens (tertiary/aromatic N) is 2. The van der Waals surface area contributed by atoms with Gasteiger partial charge in [0.05, 0.1) is 24.2 Å². The summed E-state index contributed by atoms with van der Waals surface area (Å²) in [5, 5.41) is 3.09. The molecule has 1 N–H and O–H groups in total. The van der Waals surface area contributed by atoms with Gasteiger partial charge < -0.3 is 15.0 Å². The quantitative estimate of drug-likeness (QED) is 0.754. The van der Waals surface area contributed by atoms with Gasteiger partial charge in [-0.2, -0.15) is 13.2 Å². The molecule has 0 saturated carbocycles. The van der Waals surface area contributed by atoms with E-state index in [-0.39, 0.29) is 12.3 Å². The van der Waals surface area contributed by atoms with Gasteiger partial charge >= 0.3 is 12.3 Å². The summed E-state index contributed by atoms with van der Waals surface area (Å²) in [4.78, 5) is 31.4. The van der Waals surface area contributed by atoms with E-state index in [0.717, 1.165) is 22.7 Å². The van der Waals surface area contributed by atoms with Gasteiger partial charge in [-0.3, -0.25) is 4.79 Å². The van der Waals surface area contributed by atoms with E-state index >= 15 is 0 Å². The number of anilines is 1. The Morgan fingerprint density at radius 3 is 2.47 bits per heavy atom. The molecule has 10 heteroatoms. The smallest absolute Gasteiger partial charge is 0.416 e. The van der Waals surface area contributed by atoms with Crippen molar-refractivity contribution in [2.75, 3.05) is 11.9 Å². The van der Waals surface area contributed by atoms with Gasteiger partial charge in [0.15, 0.2) is 5.13 Å². The number of carbonyl (C=O) groups is 2. The van der Waals surface area contributed by atoms with E-state index in [1.807, 2.05) is 0 Å². The Bertz CT molecular complexity index is 933. The van der Waals surface area contributed by atoms with Crippen LogP contribution in [0.15, 0.2) is 24.3 Å². The first-order valence-electron chi connectivity index (χ1n) is 9.33. The van der Waals surface area contributed by atoms with Crippen LogP contribution >= 0.6 is 11.3 Å². The van der Waals surface area contributed by atoms with Crippen LogP contribution in [0.4, 0.5) is 23.1 Å². The molecule has 0 radical (unpaired) electrons. The highest BCUT2D eigenvalue weighted by molar-refractivity contribution is 7.15. The molecular formula is C20H22F3N3O3S. The molecule has 0 saturated heterocycles. The highest BCUT2D eigenvalue weighted by Crippen LogP contribution is 2.30. The molecule has 2 amide bonds. The largest absolute Gasteiger partial charge is 0.444 e. The van der Waals surface area contributed by atoms with Crippen molar-refractivity contribution in [2.24, 2.45) is 0 Å². The zero-order chi connectivity index (χ0) is 22.1. The average Bonchev–Trinajstić information content (AvgIpc) is 3.01. The van der Waals surface area contributed by atoms with Crippen molar-refractivity contribution in [1.29, 1.82) is 0 Å². The monoisotopic (exact) mass is 441 g/mol. The van der Waals surface area contributed by atoms with Crippen LogP contribution in [0.1, 0.15) is 42.5 Å². The Labute approximate surface area is 176 Å². The number of aromatic nitrogens is 1. The van der Waals surface area contributed by atoms with Crippen LogP contribution in [0.25, 0.3) is 0 Å². The second kappa shape index (κ2) is 8.25. The standard InChI is InChI=1S/C20H22F3N3O3S/c1-19(2,3)29-18(28)26-9-8-14-15(11-26)30-17(24-14)25-16(27)10-12-4-6-13(7-5-12)20(21,22)23/h4-7H,8-11H2,1-3H3,(H,24,25,27). The molecule has 6 nitrogen and oxygen atoms in total. The number of fused-ring (bicyclic) bond motifs is 1. The molecule has 2 aromatic rings. The number of carbonyl (C=O) groups excluding carboxylic acids is 2. The predicted molar refractivity (Wildman–Crippen MR) is 106 cm³/mol. The molecule has 1 aromatic carbocycles. The zero-order valence-corrected chi connectivity index (χ0v) is 17.6. The molecule has 3 rings (SSSR count). The summed E-state index contributed by atoms with van der Waals surface area (Å²) in [7, 11) is 0. The van der Waals surface area contributed by atoms with E-state index in [4.69, 9.17) is 4.74 Å². The van der Waals surface area contributed by atoms with Crippen LogP contribution in [-0.4, -0.2) is 34.0 Å². The minimum atomic E-state index is -4.41. The number of amides is 2. The van der Waals surface area contributed by atoms with E-state index in [2.05, 4.69) is 10.3 Å². The summed E-state index contributed by atoms with van der Waals surface area (Å²) in [6, 6.07) is 4.48. The maximum Gasteiger partial charge on any atom is 0.416 e. The van der Waals surface area contributed by atoms with Gasteiger partial charge in [-0.25, -0.2) is 9.78 Å². The number of thiazole rings is 1. The van der Waals surface area contributed by atoms with Crippen LogP contribution in [0.2, 0.25) is 0 Å². The normalized spacial score (nSPS) is 14.3. The van der Waals surface area contributed by atoms with E-state index in [9.17, 15) is 22.8 Å². The summed E-state index contributed by atoms with van der Waals surface area (Å²) in [6.45, 7) is 6.24. The fourth-order valence-corrected chi connectivity index (χ4v) is 3.93. The van der Waals surface area contributed by atoms with E-state index in [1.165, 1.54) is 23.5 Å². The Morgan fingerprint density at radius 1 is 1.20 bits per heavy atom. The van der Waals surface area contributed by atoms with Crippen molar-refractivity contribution in [3.05, 3.63) is 46.0 Å². The van der Waals surface area contributed by atoms with Crippen LogP contribution in [0, 0.1) is 0 Å². The van der Waals surface area contributed by atoms with Gasteiger partial charge in [0.25, 0.3) is 0 Å². The third-order valence-corrected chi connectivity index (χ3v) is 5.27. The molecule has 0 aliphatic carbocycles. The number of ether oxygens (including phenoxy) is 1. The maximum absolute atomic E-state index is 12.6. The van der Waals surface area contributed by atoms with E-state index in [0.29, 0.717) is 30.2 Å². The van der Waals surface area contributed by atoms with Crippen LogP contribution in [0.5, 0.6) is 0 Å². The number of alkyl halides is 3. The van der Waals surface area contributed by atoms with E-state index in [1.54, 1.807) is 25.7 Å². The first-order chi connectivity index (χ1) is 13.9. The summed E-state index contributed by atoms with van der Waals surface area (Å²) in [5.41, 5.74) is -0.0426. The van der Waals surface area contributed by atoms with E-state index < -0.39 is 23.4 Å². The lowest BCUT2D eigenvalue weighted by atomic mass is 10.1. The van der Waals surface area contributed by atoms with Crippen molar-refractivity contribution in [3.63, 3.8) is 0 Å². The Morgan fingerprint density at radius 2 is 1.87 bits per heavy atom. The summed E-state index contributed by atoms with van der Waals surface area (Å²) >= 11 is 1.28. The molecular weight excluding hydrogens is 419 g/mol. The van der Waals surface area contributed by atoms with Crippen LogP contribution < -0.4 is 5.32 Å². The molecule has 1 aromatic heterocycles. The van der Waals surface area contributed by atoms with Crippen molar-refractivity contribution >= 4 is 28.5 Å². The zero-order valence-electron chi connectivity index (χ0n) is 16.8. The third-order valence-electron chi connectivity index (χ3n) is 4.28. The summed E-state index contributed by atoms with van der Waals surface area (Å²) in [5.74, 6) is -0.371. The fourth-order valence-electron chi connectivity index (χ4n) is 2.89. The lowest BCUT2D eigenvalue weighted by Gasteiger charge is -2.29. The third kappa shape index (κ3) is 5.71. The van der Waals surface area contributed by atoms with Crippen LogP contribution in [0.3, 0.4) is 0 Å². The number of hydrogen-bond acceptors (Lipinski definition) is 5. The van der Waals surface area contributed by atoms with Gasteiger partial charge in [0.2, 0.25) is 5.91 Å². The van der Waals surface area contributed by atoms with Crippen molar-refractivity contribution in [2.45, 2.75) is 51.9 Å². The highest BCUT2D eigenvalue weighted by Gasteiger charge is 2.30.